The van der Waals surface area contributed by atoms with E-state index in [2.05, 4.69) is 5.10 Å². The highest BCUT2D eigenvalue weighted by molar-refractivity contribution is 7.86. The Kier molecular flexibility index (Phi) is 4.22. The van der Waals surface area contributed by atoms with Gasteiger partial charge in [-0.1, -0.05) is 6.07 Å². The van der Waals surface area contributed by atoms with Crippen molar-refractivity contribution in [1.82, 2.24) is 23.4 Å². The average Bonchev–Trinajstić information content (AvgIpc) is 3.16. The molecule has 1 aliphatic heterocycles. The van der Waals surface area contributed by atoms with Gasteiger partial charge in [-0.3, -0.25) is 4.68 Å². The molecule has 0 N–H and O–H groups in total. The number of nitrogens with zero attached hydrogens (tertiary/aromatic N) is 5. The van der Waals surface area contributed by atoms with Gasteiger partial charge in [0.25, 0.3) is 10.2 Å². The van der Waals surface area contributed by atoms with Gasteiger partial charge in [-0.05, 0) is 31.0 Å². The molecule has 124 valence electrons. The molecule has 0 radical (unpaired) electrons. The number of aryl methyl sites for hydroxylation is 1. The average molecular weight is 335 g/mol. The van der Waals surface area contributed by atoms with E-state index in [1.54, 1.807) is 29.3 Å². The van der Waals surface area contributed by atoms with Crippen LogP contribution in [0, 0.1) is 0 Å². The van der Waals surface area contributed by atoms with Crippen molar-refractivity contribution in [3.8, 4) is 11.4 Å². The molecule has 0 saturated carbocycles. The molecule has 2 aromatic rings. The van der Waals surface area contributed by atoms with E-state index < -0.39 is 10.2 Å². The fourth-order valence-electron chi connectivity index (χ4n) is 2.93. The molecule has 2 aromatic heterocycles. The van der Waals surface area contributed by atoms with Gasteiger partial charge in [0.05, 0.1) is 23.1 Å². The first-order valence-corrected chi connectivity index (χ1v) is 8.95. The van der Waals surface area contributed by atoms with Crippen molar-refractivity contribution in [2.75, 3.05) is 20.6 Å². The minimum absolute atomic E-state index is 0.212. The van der Waals surface area contributed by atoms with E-state index in [1.807, 2.05) is 31.3 Å². The Hall–Kier alpha value is -1.77. The molecule has 0 aromatic carbocycles. The first kappa shape index (κ1) is 16.1. The molecular formula is C15H21N5O2S. The van der Waals surface area contributed by atoms with E-state index in [9.17, 15) is 8.42 Å². The van der Waals surface area contributed by atoms with Crippen LogP contribution >= 0.6 is 0 Å². The molecular weight excluding hydrogens is 314 g/mol. The summed E-state index contributed by atoms with van der Waals surface area (Å²) in [5.74, 6) is 0. The Morgan fingerprint density at radius 2 is 2.04 bits per heavy atom. The van der Waals surface area contributed by atoms with Crippen LogP contribution in [0.5, 0.6) is 0 Å². The van der Waals surface area contributed by atoms with Crippen LogP contribution in [0.15, 0.2) is 30.5 Å². The third-order valence-corrected chi connectivity index (χ3v) is 6.11. The van der Waals surface area contributed by atoms with Gasteiger partial charge in [0, 0.05) is 33.9 Å². The minimum Gasteiger partial charge on any atom is -0.266 e. The lowest BCUT2D eigenvalue weighted by molar-refractivity contribution is 0.358. The maximum Gasteiger partial charge on any atom is 0.282 e. The van der Waals surface area contributed by atoms with Gasteiger partial charge >= 0.3 is 0 Å². The summed E-state index contributed by atoms with van der Waals surface area (Å²) in [6.45, 7) is 0.531. The molecule has 1 fully saturated rings. The predicted molar refractivity (Wildman–Crippen MR) is 87.7 cm³/mol. The van der Waals surface area contributed by atoms with Crippen LogP contribution < -0.4 is 0 Å². The molecule has 1 aliphatic rings. The van der Waals surface area contributed by atoms with Crippen molar-refractivity contribution in [1.29, 1.82) is 0 Å². The number of rotatable bonds is 4. The third kappa shape index (κ3) is 2.89. The van der Waals surface area contributed by atoms with Crippen LogP contribution in [0.4, 0.5) is 0 Å². The summed E-state index contributed by atoms with van der Waals surface area (Å²) in [6.07, 6.45) is 3.35. The van der Waals surface area contributed by atoms with Crippen LogP contribution in [-0.4, -0.2) is 52.4 Å². The lowest BCUT2D eigenvalue weighted by Gasteiger charge is -2.26. The topological polar surface area (TPSA) is 71.3 Å². The second kappa shape index (κ2) is 6.03. The SMILES string of the molecule is CN(C)S(=O)(=O)N1CCCC1c1cccc(-c2ccnn2C)n1. The van der Waals surface area contributed by atoms with Crippen molar-refractivity contribution in [3.63, 3.8) is 0 Å². The van der Waals surface area contributed by atoms with Crippen LogP contribution in [-0.2, 0) is 17.3 Å². The monoisotopic (exact) mass is 335 g/mol. The smallest absolute Gasteiger partial charge is 0.266 e. The summed E-state index contributed by atoms with van der Waals surface area (Å²) in [7, 11) is 1.54. The third-order valence-electron chi connectivity index (χ3n) is 4.16. The Balaban J connectivity index is 1.97. The van der Waals surface area contributed by atoms with Gasteiger partial charge < -0.3 is 0 Å². The molecule has 1 unspecified atom stereocenters. The molecule has 3 rings (SSSR count). The molecule has 0 amide bonds. The van der Waals surface area contributed by atoms with Crippen LogP contribution in [0.25, 0.3) is 11.4 Å². The van der Waals surface area contributed by atoms with Gasteiger partial charge in [-0.2, -0.15) is 22.1 Å². The number of hydrogen-bond donors (Lipinski definition) is 0. The molecule has 3 heterocycles. The summed E-state index contributed by atoms with van der Waals surface area (Å²) >= 11 is 0. The fourth-order valence-corrected chi connectivity index (χ4v) is 4.24. The summed E-state index contributed by atoms with van der Waals surface area (Å²) in [5.41, 5.74) is 2.50. The Morgan fingerprint density at radius 1 is 1.26 bits per heavy atom. The van der Waals surface area contributed by atoms with E-state index in [0.717, 1.165) is 29.9 Å². The molecule has 0 aliphatic carbocycles. The molecule has 0 spiro atoms. The zero-order valence-corrected chi connectivity index (χ0v) is 14.4. The second-order valence-electron chi connectivity index (χ2n) is 5.85. The summed E-state index contributed by atoms with van der Waals surface area (Å²) in [5, 5.41) is 4.16. The van der Waals surface area contributed by atoms with E-state index in [1.165, 1.54) is 4.31 Å². The van der Waals surface area contributed by atoms with E-state index in [4.69, 9.17) is 4.98 Å². The number of aromatic nitrogens is 3. The van der Waals surface area contributed by atoms with Crippen molar-refractivity contribution in [2.24, 2.45) is 7.05 Å². The Bertz CT molecular complexity index is 800. The summed E-state index contributed by atoms with van der Waals surface area (Å²) in [6, 6.07) is 7.42. The fraction of sp³-hybridized carbons (Fsp3) is 0.467. The lowest BCUT2D eigenvalue weighted by atomic mass is 10.1. The minimum atomic E-state index is -3.44. The molecule has 0 bridgehead atoms. The maximum atomic E-state index is 12.5. The Morgan fingerprint density at radius 3 is 2.70 bits per heavy atom. The summed E-state index contributed by atoms with van der Waals surface area (Å²) < 4.78 is 29.6. The first-order chi connectivity index (χ1) is 10.9. The number of hydrogen-bond acceptors (Lipinski definition) is 4. The van der Waals surface area contributed by atoms with Crippen LogP contribution in [0.2, 0.25) is 0 Å². The van der Waals surface area contributed by atoms with Crippen molar-refractivity contribution in [3.05, 3.63) is 36.2 Å². The number of pyridine rings is 1. The predicted octanol–water partition coefficient (Wildman–Crippen LogP) is 1.43. The van der Waals surface area contributed by atoms with E-state index in [0.29, 0.717) is 6.54 Å². The molecule has 1 atom stereocenters. The lowest BCUT2D eigenvalue weighted by Crippen LogP contribution is -2.39. The second-order valence-corrected chi connectivity index (χ2v) is 7.94. The zero-order chi connectivity index (χ0) is 16.6. The van der Waals surface area contributed by atoms with Crippen molar-refractivity contribution >= 4 is 10.2 Å². The van der Waals surface area contributed by atoms with Crippen molar-refractivity contribution in [2.45, 2.75) is 18.9 Å². The largest absolute Gasteiger partial charge is 0.282 e. The Labute approximate surface area is 136 Å². The molecule has 23 heavy (non-hydrogen) atoms. The first-order valence-electron chi connectivity index (χ1n) is 7.56. The van der Waals surface area contributed by atoms with Gasteiger partial charge in [0.2, 0.25) is 0 Å². The van der Waals surface area contributed by atoms with Gasteiger partial charge in [-0.25, -0.2) is 4.98 Å². The van der Waals surface area contributed by atoms with Crippen molar-refractivity contribution < 1.29 is 8.42 Å². The van der Waals surface area contributed by atoms with Gasteiger partial charge in [-0.15, -0.1) is 0 Å². The normalized spacial score (nSPS) is 19.6. The molecule has 7 nitrogen and oxygen atoms in total. The highest BCUT2D eigenvalue weighted by atomic mass is 32.2. The molecule has 8 heteroatoms. The van der Waals surface area contributed by atoms with Crippen LogP contribution in [0.1, 0.15) is 24.6 Å². The maximum absolute atomic E-state index is 12.5. The van der Waals surface area contributed by atoms with E-state index in [-0.39, 0.29) is 6.04 Å². The molecule has 1 saturated heterocycles. The highest BCUT2D eigenvalue weighted by Gasteiger charge is 2.37. The van der Waals surface area contributed by atoms with Crippen LogP contribution in [0.3, 0.4) is 0 Å². The standard InChI is InChI=1S/C15H21N5O2S/c1-18(2)23(21,22)20-11-5-8-15(20)13-7-4-6-12(17-13)14-9-10-16-19(14)3/h4,6-7,9-10,15H,5,8,11H2,1-3H3. The quantitative estimate of drug-likeness (QED) is 0.847. The van der Waals surface area contributed by atoms with Gasteiger partial charge in [0.1, 0.15) is 0 Å². The highest BCUT2D eigenvalue weighted by Crippen LogP contribution is 2.34. The zero-order valence-electron chi connectivity index (χ0n) is 13.5. The van der Waals surface area contributed by atoms with E-state index >= 15 is 0 Å². The summed E-state index contributed by atoms with van der Waals surface area (Å²) in [4.78, 5) is 4.70. The van der Waals surface area contributed by atoms with Gasteiger partial charge in [0.15, 0.2) is 0 Å².